The molecule has 0 aliphatic carbocycles. The van der Waals surface area contributed by atoms with E-state index in [1.807, 2.05) is 0 Å². The molecule has 0 aromatic rings. The lowest BCUT2D eigenvalue weighted by molar-refractivity contribution is -0.602. The zero-order valence-electron chi connectivity index (χ0n) is 5.33. The number of hydrazone groups is 1. The van der Waals surface area contributed by atoms with Crippen LogP contribution < -0.4 is 0 Å². The Kier molecular flexibility index (Phi) is 2.50. The summed E-state index contributed by atoms with van der Waals surface area (Å²) in [5.41, 5.74) is 0. The highest BCUT2D eigenvalue weighted by Gasteiger charge is 2.11. The van der Waals surface area contributed by atoms with Gasteiger partial charge in [-0.1, -0.05) is 9.86 Å². The van der Waals surface area contributed by atoms with Crippen LogP contribution in [0.4, 0.5) is 4.79 Å². The molecule has 0 saturated heterocycles. The summed E-state index contributed by atoms with van der Waals surface area (Å²) in [6.07, 6.45) is -0.736. The Balaban J connectivity index is 3.88. The van der Waals surface area contributed by atoms with Crippen molar-refractivity contribution in [3.05, 3.63) is 5.21 Å². The van der Waals surface area contributed by atoms with Crippen LogP contribution in [0.25, 0.3) is 0 Å². The summed E-state index contributed by atoms with van der Waals surface area (Å²) in [7, 11) is 2.44. The lowest BCUT2D eigenvalue weighted by atomic mass is 11.0. The highest BCUT2D eigenvalue weighted by molar-refractivity contribution is 5.65. The number of nitrogens with zero attached hydrogens (tertiary/aromatic N) is 2. The number of carbonyl (C=O) groups excluding carboxylic acids is 1. The molecule has 0 spiro atoms. The fourth-order valence-corrected chi connectivity index (χ4v) is 0.223. The molecule has 0 aliphatic heterocycles. The zero-order valence-corrected chi connectivity index (χ0v) is 5.33. The molecule has 5 heteroatoms. The van der Waals surface area contributed by atoms with Crippen LogP contribution in [0.3, 0.4) is 0 Å². The van der Waals surface area contributed by atoms with E-state index in [1.165, 1.54) is 14.2 Å². The second kappa shape index (κ2) is 2.91. The van der Waals surface area contributed by atoms with Gasteiger partial charge in [-0.3, -0.25) is 0 Å². The minimum atomic E-state index is -0.736. The van der Waals surface area contributed by atoms with Gasteiger partial charge >= 0.3 is 6.09 Å². The third-order valence-electron chi connectivity index (χ3n) is 0.773. The summed E-state index contributed by atoms with van der Waals surface area (Å²) in [6.45, 7) is 2.91. The lowest BCUT2D eigenvalue weighted by Gasteiger charge is -2.10. The molecule has 0 unspecified atom stereocenters. The molecular formula is C4H8N2O3. The van der Waals surface area contributed by atoms with E-state index in [0.29, 0.717) is 5.01 Å². The van der Waals surface area contributed by atoms with Gasteiger partial charge in [0.1, 0.15) is 0 Å². The summed E-state index contributed by atoms with van der Waals surface area (Å²) in [5, 5.41) is 10.9. The maximum absolute atomic E-state index is 10.4. The van der Waals surface area contributed by atoms with Crippen molar-refractivity contribution in [3.63, 3.8) is 0 Å². The molecule has 9 heavy (non-hydrogen) atoms. The molecule has 1 amide bonds. The minimum absolute atomic E-state index is 0.131. The van der Waals surface area contributed by atoms with E-state index in [4.69, 9.17) is 0 Å². The number of carbonyl (C=O) groups is 1. The summed E-state index contributed by atoms with van der Waals surface area (Å²) in [6, 6.07) is 0. The lowest BCUT2D eigenvalue weighted by Crippen LogP contribution is -2.32. The molecule has 0 fully saturated rings. The number of hydrazine groups is 1. The first-order chi connectivity index (χ1) is 4.09. The highest BCUT2D eigenvalue weighted by atomic mass is 16.6. The van der Waals surface area contributed by atoms with Crippen molar-refractivity contribution in [2.45, 2.75) is 0 Å². The standard InChI is InChI=1S/C4H8N2O3/c1-5(6(2)8)4(7)9-3/h2H2,1,3H3. The van der Waals surface area contributed by atoms with Gasteiger partial charge in [-0.05, 0) is 0 Å². The number of methoxy groups -OCH3 is 1. The van der Waals surface area contributed by atoms with E-state index in [1.54, 1.807) is 0 Å². The van der Waals surface area contributed by atoms with E-state index in [2.05, 4.69) is 11.5 Å². The molecule has 0 aliphatic rings. The molecule has 0 saturated carbocycles. The Morgan fingerprint density at radius 3 is 2.44 bits per heavy atom. The van der Waals surface area contributed by atoms with Crippen molar-refractivity contribution in [3.8, 4) is 0 Å². The minimum Gasteiger partial charge on any atom is -0.596 e. The summed E-state index contributed by atoms with van der Waals surface area (Å²) < 4.78 is 4.18. The van der Waals surface area contributed by atoms with Gasteiger partial charge in [0, 0.05) is 0 Å². The summed E-state index contributed by atoms with van der Waals surface area (Å²) in [5.74, 6) is 0. The van der Waals surface area contributed by atoms with E-state index >= 15 is 0 Å². The molecule has 0 rings (SSSR count). The van der Waals surface area contributed by atoms with Crippen molar-refractivity contribution in [1.82, 2.24) is 5.01 Å². The number of rotatable bonds is 1. The van der Waals surface area contributed by atoms with Crippen molar-refractivity contribution >= 4 is 12.8 Å². The topological polar surface area (TPSA) is 55.6 Å². The maximum atomic E-state index is 10.4. The van der Waals surface area contributed by atoms with Gasteiger partial charge in [0.2, 0.25) is 0 Å². The molecule has 0 aromatic heterocycles. The van der Waals surface area contributed by atoms with Crippen LogP contribution in [0.2, 0.25) is 0 Å². The third kappa shape index (κ3) is 1.98. The van der Waals surface area contributed by atoms with Crippen LogP contribution in [0.5, 0.6) is 0 Å². The largest absolute Gasteiger partial charge is 0.596 e. The molecule has 0 bridgehead atoms. The van der Waals surface area contributed by atoms with Crippen molar-refractivity contribution in [1.29, 1.82) is 0 Å². The van der Waals surface area contributed by atoms with Crippen LogP contribution >= 0.6 is 0 Å². The van der Waals surface area contributed by atoms with Crippen LogP contribution in [0.15, 0.2) is 0 Å². The average Bonchev–Trinajstić information content (AvgIpc) is 1.84. The molecule has 0 N–H and O–H groups in total. The quantitative estimate of drug-likeness (QED) is 0.215. The molecule has 0 radical (unpaired) electrons. The first-order valence-electron chi connectivity index (χ1n) is 2.19. The fraction of sp³-hybridized carbons (Fsp3) is 0.500. The SMILES string of the molecule is C=[N+]([O-])N(C)C(=O)OC. The Bertz CT molecular complexity index is 134. The van der Waals surface area contributed by atoms with Gasteiger partial charge in [0.25, 0.3) is 0 Å². The molecule has 52 valence electrons. The number of hydrogen-bond acceptors (Lipinski definition) is 3. The van der Waals surface area contributed by atoms with Crippen molar-refractivity contribution in [2.75, 3.05) is 14.2 Å². The molecule has 0 heterocycles. The van der Waals surface area contributed by atoms with Gasteiger partial charge in [-0.15, -0.1) is 0 Å². The average molecular weight is 132 g/mol. The van der Waals surface area contributed by atoms with Gasteiger partial charge < -0.3 is 9.94 Å². The smallest absolute Gasteiger partial charge is 0.463 e. The highest BCUT2D eigenvalue weighted by Crippen LogP contribution is 1.85. The van der Waals surface area contributed by atoms with E-state index in [-0.39, 0.29) is 4.85 Å². The predicted molar refractivity (Wildman–Crippen MR) is 30.9 cm³/mol. The zero-order chi connectivity index (χ0) is 7.44. The molecule has 0 aromatic carbocycles. The summed E-state index contributed by atoms with van der Waals surface area (Å²) in [4.78, 5) is 10.5. The Hall–Kier alpha value is -1.26. The molecule has 0 atom stereocenters. The van der Waals surface area contributed by atoms with E-state index in [0.717, 1.165) is 0 Å². The fourth-order valence-electron chi connectivity index (χ4n) is 0.223. The number of hydrogen-bond donors (Lipinski definition) is 0. The summed E-state index contributed by atoms with van der Waals surface area (Å²) >= 11 is 0. The van der Waals surface area contributed by atoms with Crippen LogP contribution in [0, 0.1) is 5.21 Å². The van der Waals surface area contributed by atoms with Crippen molar-refractivity contribution in [2.24, 2.45) is 0 Å². The van der Waals surface area contributed by atoms with Crippen LogP contribution in [-0.4, -0.2) is 36.8 Å². The first-order valence-corrected chi connectivity index (χ1v) is 2.19. The van der Waals surface area contributed by atoms with Crippen molar-refractivity contribution < 1.29 is 14.4 Å². The Morgan fingerprint density at radius 1 is 1.89 bits per heavy atom. The van der Waals surface area contributed by atoms with Crippen LogP contribution in [0.1, 0.15) is 0 Å². The second-order valence-electron chi connectivity index (χ2n) is 1.35. The number of amides is 1. The normalized spacial score (nSPS) is 8.22. The maximum Gasteiger partial charge on any atom is 0.463 e. The first kappa shape index (κ1) is 7.74. The van der Waals surface area contributed by atoms with Gasteiger partial charge in [-0.2, -0.15) is 0 Å². The Labute approximate surface area is 52.7 Å². The van der Waals surface area contributed by atoms with Gasteiger partial charge in [0.15, 0.2) is 6.72 Å². The number of ether oxygens (including phenoxy) is 1. The molecule has 5 nitrogen and oxygen atoms in total. The third-order valence-corrected chi connectivity index (χ3v) is 0.773. The van der Waals surface area contributed by atoms with E-state index in [9.17, 15) is 10.0 Å². The van der Waals surface area contributed by atoms with Crippen LogP contribution in [-0.2, 0) is 4.74 Å². The van der Waals surface area contributed by atoms with E-state index < -0.39 is 6.09 Å². The predicted octanol–water partition coefficient (Wildman–Crippen LogP) is -0.190. The second-order valence-corrected chi connectivity index (χ2v) is 1.35. The Morgan fingerprint density at radius 2 is 2.33 bits per heavy atom. The van der Waals surface area contributed by atoms with Gasteiger partial charge in [0.05, 0.1) is 14.2 Å². The monoisotopic (exact) mass is 132 g/mol. The molecular weight excluding hydrogens is 124 g/mol. The van der Waals surface area contributed by atoms with Gasteiger partial charge in [-0.25, -0.2) is 4.79 Å².